The van der Waals surface area contributed by atoms with E-state index < -0.39 is 5.60 Å². The number of amides is 1. The predicted molar refractivity (Wildman–Crippen MR) is 72.0 cm³/mol. The number of hydrogen-bond donors (Lipinski definition) is 1. The van der Waals surface area contributed by atoms with E-state index in [1.807, 2.05) is 45.0 Å². The quantitative estimate of drug-likeness (QED) is 0.887. The van der Waals surface area contributed by atoms with E-state index in [2.05, 4.69) is 5.32 Å². The van der Waals surface area contributed by atoms with Crippen molar-refractivity contribution in [2.24, 2.45) is 0 Å². The molecule has 2 rings (SSSR count). The minimum absolute atomic E-state index is 0.139. The molecule has 0 radical (unpaired) electrons. The van der Waals surface area contributed by atoms with E-state index in [0.29, 0.717) is 5.92 Å². The number of halogens is 1. The lowest BCUT2D eigenvalue weighted by molar-refractivity contribution is 0.0523. The number of rotatable bonds is 2. The second-order valence-corrected chi connectivity index (χ2v) is 6.02. The molecule has 3 nitrogen and oxygen atoms in total. The summed E-state index contributed by atoms with van der Waals surface area (Å²) >= 11 is 6.12. The molecule has 18 heavy (non-hydrogen) atoms. The average Bonchev–Trinajstić information content (AvgIpc) is 2.94. The molecule has 1 N–H and O–H groups in total. The zero-order valence-corrected chi connectivity index (χ0v) is 11.6. The van der Waals surface area contributed by atoms with Gasteiger partial charge in [0.1, 0.15) is 5.60 Å². The molecular formula is C14H18ClNO2. The lowest BCUT2D eigenvalue weighted by Gasteiger charge is -2.19. The molecule has 0 spiro atoms. The van der Waals surface area contributed by atoms with Crippen molar-refractivity contribution in [3.63, 3.8) is 0 Å². The van der Waals surface area contributed by atoms with Crippen molar-refractivity contribution in [3.05, 3.63) is 34.9 Å². The van der Waals surface area contributed by atoms with Crippen LogP contribution < -0.4 is 5.32 Å². The molecule has 2 unspecified atom stereocenters. The van der Waals surface area contributed by atoms with Crippen LogP contribution in [0.3, 0.4) is 0 Å². The molecule has 0 bridgehead atoms. The van der Waals surface area contributed by atoms with Crippen molar-refractivity contribution in [2.75, 3.05) is 0 Å². The van der Waals surface area contributed by atoms with Crippen molar-refractivity contribution in [3.8, 4) is 0 Å². The summed E-state index contributed by atoms with van der Waals surface area (Å²) in [6.07, 6.45) is 0.560. The summed E-state index contributed by atoms with van der Waals surface area (Å²) in [6, 6.07) is 7.89. The lowest BCUT2D eigenvalue weighted by Crippen LogP contribution is -2.34. The first-order chi connectivity index (χ1) is 8.37. The predicted octanol–water partition coefficient (Wildman–Crippen LogP) is 3.72. The van der Waals surface area contributed by atoms with Crippen molar-refractivity contribution in [2.45, 2.75) is 44.8 Å². The summed E-state index contributed by atoms with van der Waals surface area (Å²) in [5.41, 5.74) is 0.638. The molecule has 1 amide bonds. The molecule has 1 fully saturated rings. The van der Waals surface area contributed by atoms with Crippen molar-refractivity contribution < 1.29 is 9.53 Å². The zero-order chi connectivity index (χ0) is 13.3. The van der Waals surface area contributed by atoms with Crippen LogP contribution in [0.1, 0.15) is 38.7 Å². The Labute approximate surface area is 112 Å². The van der Waals surface area contributed by atoms with E-state index in [9.17, 15) is 4.79 Å². The Hall–Kier alpha value is -1.22. The fourth-order valence-corrected chi connectivity index (χ4v) is 2.21. The molecule has 2 atom stereocenters. The highest BCUT2D eigenvalue weighted by atomic mass is 35.5. The largest absolute Gasteiger partial charge is 0.444 e. The number of alkyl carbamates (subject to hydrolysis) is 1. The van der Waals surface area contributed by atoms with Gasteiger partial charge in [0.2, 0.25) is 0 Å². The Morgan fingerprint density at radius 3 is 2.67 bits per heavy atom. The number of nitrogens with one attached hydrogen (secondary N) is 1. The molecule has 1 aliphatic carbocycles. The Balaban J connectivity index is 1.89. The highest BCUT2D eigenvalue weighted by molar-refractivity contribution is 6.31. The van der Waals surface area contributed by atoms with Crippen molar-refractivity contribution >= 4 is 17.7 Å². The van der Waals surface area contributed by atoms with Gasteiger partial charge in [0, 0.05) is 17.0 Å². The van der Waals surface area contributed by atoms with Gasteiger partial charge in [-0.05, 0) is 38.8 Å². The summed E-state index contributed by atoms with van der Waals surface area (Å²) in [5.74, 6) is 0.311. The summed E-state index contributed by atoms with van der Waals surface area (Å²) in [6.45, 7) is 5.56. The molecule has 0 aliphatic heterocycles. The fraction of sp³-hybridized carbons (Fsp3) is 0.500. The number of hydrogen-bond acceptors (Lipinski definition) is 2. The Morgan fingerprint density at radius 2 is 2.06 bits per heavy atom. The van der Waals surface area contributed by atoms with Crippen molar-refractivity contribution in [1.82, 2.24) is 5.32 Å². The third-order valence-corrected chi connectivity index (χ3v) is 3.14. The number of carbonyl (C=O) groups excluding carboxylic acids is 1. The molecule has 0 heterocycles. The topological polar surface area (TPSA) is 38.3 Å². The van der Waals surface area contributed by atoms with E-state index in [0.717, 1.165) is 17.0 Å². The van der Waals surface area contributed by atoms with Gasteiger partial charge in [0.05, 0.1) is 0 Å². The van der Waals surface area contributed by atoms with E-state index in [4.69, 9.17) is 16.3 Å². The molecular weight excluding hydrogens is 250 g/mol. The van der Waals surface area contributed by atoms with E-state index in [-0.39, 0.29) is 12.1 Å². The number of benzene rings is 1. The van der Waals surface area contributed by atoms with Crippen LogP contribution in [0.4, 0.5) is 4.79 Å². The summed E-state index contributed by atoms with van der Waals surface area (Å²) in [7, 11) is 0. The molecule has 1 aliphatic rings. The molecule has 1 aromatic rings. The molecule has 1 saturated carbocycles. The number of carbonyl (C=O) groups is 1. The highest BCUT2D eigenvalue weighted by Gasteiger charge is 2.41. The average molecular weight is 268 g/mol. The lowest BCUT2D eigenvalue weighted by atomic mass is 10.1. The van der Waals surface area contributed by atoms with Gasteiger partial charge >= 0.3 is 6.09 Å². The Morgan fingerprint density at radius 1 is 1.39 bits per heavy atom. The minimum Gasteiger partial charge on any atom is -0.444 e. The second-order valence-electron chi connectivity index (χ2n) is 5.62. The molecule has 1 aromatic carbocycles. The fourth-order valence-electron chi connectivity index (χ4n) is 1.93. The normalized spacial score (nSPS) is 22.4. The molecule has 0 saturated heterocycles. The monoisotopic (exact) mass is 267 g/mol. The van der Waals surface area contributed by atoms with E-state index >= 15 is 0 Å². The van der Waals surface area contributed by atoms with Gasteiger partial charge in [0.25, 0.3) is 0 Å². The van der Waals surface area contributed by atoms with Gasteiger partial charge in [-0.3, -0.25) is 0 Å². The van der Waals surface area contributed by atoms with Gasteiger partial charge in [-0.2, -0.15) is 0 Å². The van der Waals surface area contributed by atoms with Crippen LogP contribution in [0, 0.1) is 0 Å². The maximum atomic E-state index is 11.6. The number of ether oxygens (including phenoxy) is 1. The summed E-state index contributed by atoms with van der Waals surface area (Å²) in [4.78, 5) is 11.6. The van der Waals surface area contributed by atoms with Crippen LogP contribution in [0.15, 0.2) is 24.3 Å². The minimum atomic E-state index is -0.459. The maximum Gasteiger partial charge on any atom is 0.407 e. The first kappa shape index (κ1) is 13.2. The van der Waals surface area contributed by atoms with Crippen LogP contribution in [0.5, 0.6) is 0 Å². The van der Waals surface area contributed by atoms with Gasteiger partial charge in [-0.1, -0.05) is 29.8 Å². The highest BCUT2D eigenvalue weighted by Crippen LogP contribution is 2.43. The van der Waals surface area contributed by atoms with E-state index in [1.54, 1.807) is 0 Å². The van der Waals surface area contributed by atoms with Gasteiger partial charge < -0.3 is 10.1 Å². The standard InChI is InChI=1S/C14H18ClNO2/c1-14(2,3)18-13(17)16-12-8-10(12)9-6-4-5-7-11(9)15/h4-7,10,12H,8H2,1-3H3,(H,16,17). The van der Waals surface area contributed by atoms with Crippen molar-refractivity contribution in [1.29, 1.82) is 0 Å². The summed E-state index contributed by atoms with van der Waals surface area (Å²) < 4.78 is 5.22. The van der Waals surface area contributed by atoms with E-state index in [1.165, 1.54) is 0 Å². The van der Waals surface area contributed by atoms with Crippen LogP contribution in [-0.4, -0.2) is 17.7 Å². The van der Waals surface area contributed by atoms with Crippen LogP contribution >= 0.6 is 11.6 Å². The van der Waals surface area contributed by atoms with Gasteiger partial charge in [-0.15, -0.1) is 0 Å². The first-order valence-corrected chi connectivity index (χ1v) is 6.48. The van der Waals surface area contributed by atoms with Crippen LogP contribution in [0.25, 0.3) is 0 Å². The second kappa shape index (κ2) is 4.81. The maximum absolute atomic E-state index is 11.6. The van der Waals surface area contributed by atoms with Gasteiger partial charge in [-0.25, -0.2) is 4.79 Å². The Kier molecular flexibility index (Phi) is 3.53. The smallest absolute Gasteiger partial charge is 0.407 e. The SMILES string of the molecule is CC(C)(C)OC(=O)NC1CC1c1ccccc1Cl. The molecule has 0 aromatic heterocycles. The van der Waals surface area contributed by atoms with Gasteiger partial charge in [0.15, 0.2) is 0 Å². The molecule has 98 valence electrons. The van der Waals surface area contributed by atoms with Crippen LogP contribution in [0.2, 0.25) is 5.02 Å². The van der Waals surface area contributed by atoms with Crippen LogP contribution in [-0.2, 0) is 4.74 Å². The Bertz CT molecular complexity index is 453. The zero-order valence-electron chi connectivity index (χ0n) is 10.9. The third-order valence-electron chi connectivity index (χ3n) is 2.80. The first-order valence-electron chi connectivity index (χ1n) is 6.11. The third kappa shape index (κ3) is 3.39. The molecule has 4 heteroatoms. The summed E-state index contributed by atoms with van der Waals surface area (Å²) in [5, 5.41) is 3.63.